The lowest BCUT2D eigenvalue weighted by Crippen LogP contribution is -2.13. The van der Waals surface area contributed by atoms with E-state index in [-0.39, 0.29) is 21.3 Å². The standard InChI is InChI=1S/C9H7ClFN3O3S/c10-6-1-7(11)8(12)2-9(6)18(15,16)14-5-3-13-17-4-5/h1-4,14H,12H2. The molecule has 0 aliphatic rings. The molecule has 0 radical (unpaired) electrons. The van der Waals surface area contributed by atoms with Crippen LogP contribution in [0.4, 0.5) is 15.8 Å². The first-order valence-electron chi connectivity index (χ1n) is 4.57. The Bertz CT molecular complexity index is 673. The van der Waals surface area contributed by atoms with Gasteiger partial charge in [-0.25, -0.2) is 12.8 Å². The zero-order chi connectivity index (χ0) is 13.3. The highest BCUT2D eigenvalue weighted by atomic mass is 35.5. The molecule has 0 amide bonds. The summed E-state index contributed by atoms with van der Waals surface area (Å²) < 4.78 is 43.6. The van der Waals surface area contributed by atoms with Gasteiger partial charge in [-0.3, -0.25) is 4.72 Å². The summed E-state index contributed by atoms with van der Waals surface area (Å²) >= 11 is 5.67. The molecule has 0 unspecified atom stereocenters. The summed E-state index contributed by atoms with van der Waals surface area (Å²) in [6.07, 6.45) is 2.26. The minimum absolute atomic E-state index is 0.119. The first-order chi connectivity index (χ1) is 8.40. The fourth-order valence-corrected chi connectivity index (χ4v) is 2.79. The van der Waals surface area contributed by atoms with Crippen LogP contribution in [-0.4, -0.2) is 13.6 Å². The number of nitrogen functional groups attached to an aromatic ring is 1. The molecule has 0 fully saturated rings. The van der Waals surface area contributed by atoms with Gasteiger partial charge in [-0.2, -0.15) is 0 Å². The maximum absolute atomic E-state index is 13.1. The molecule has 2 aromatic rings. The zero-order valence-electron chi connectivity index (χ0n) is 8.72. The van der Waals surface area contributed by atoms with Crippen LogP contribution in [0.15, 0.2) is 34.0 Å². The Morgan fingerprint density at radius 3 is 2.78 bits per heavy atom. The van der Waals surface area contributed by atoms with Gasteiger partial charge in [0.05, 0.1) is 16.9 Å². The van der Waals surface area contributed by atoms with Crippen LogP contribution >= 0.6 is 11.6 Å². The van der Waals surface area contributed by atoms with Crippen LogP contribution in [0.2, 0.25) is 5.02 Å². The molecule has 18 heavy (non-hydrogen) atoms. The Morgan fingerprint density at radius 2 is 2.17 bits per heavy atom. The van der Waals surface area contributed by atoms with E-state index in [2.05, 4.69) is 14.4 Å². The van der Waals surface area contributed by atoms with Crippen molar-refractivity contribution in [3.63, 3.8) is 0 Å². The second-order valence-electron chi connectivity index (χ2n) is 3.32. The quantitative estimate of drug-likeness (QED) is 0.841. The van der Waals surface area contributed by atoms with Crippen LogP contribution in [0.5, 0.6) is 0 Å². The summed E-state index contributed by atoms with van der Waals surface area (Å²) in [5.41, 5.74) is 5.11. The van der Waals surface area contributed by atoms with Gasteiger partial charge in [-0.1, -0.05) is 16.8 Å². The van der Waals surface area contributed by atoms with E-state index in [1.165, 1.54) is 6.20 Å². The van der Waals surface area contributed by atoms with E-state index in [1.807, 2.05) is 0 Å². The molecule has 1 aromatic carbocycles. The summed E-state index contributed by atoms with van der Waals surface area (Å²) in [4.78, 5) is -0.329. The monoisotopic (exact) mass is 291 g/mol. The van der Waals surface area contributed by atoms with Crippen molar-refractivity contribution in [3.05, 3.63) is 35.4 Å². The summed E-state index contributed by atoms with van der Waals surface area (Å²) in [5.74, 6) is -0.788. The minimum Gasteiger partial charge on any atom is -0.396 e. The molecule has 0 atom stereocenters. The number of anilines is 2. The average molecular weight is 292 g/mol. The third-order valence-electron chi connectivity index (χ3n) is 2.03. The minimum atomic E-state index is -3.98. The van der Waals surface area contributed by atoms with E-state index in [0.717, 1.165) is 18.4 Å². The number of sulfonamides is 1. The smallest absolute Gasteiger partial charge is 0.263 e. The number of benzene rings is 1. The lowest BCUT2D eigenvalue weighted by molar-refractivity contribution is 0.420. The summed E-state index contributed by atoms with van der Waals surface area (Å²) in [6, 6.07) is 1.77. The molecular formula is C9H7ClFN3O3S. The molecule has 0 saturated heterocycles. The topological polar surface area (TPSA) is 98.2 Å². The van der Waals surface area contributed by atoms with Gasteiger partial charge in [0.15, 0.2) is 0 Å². The van der Waals surface area contributed by atoms with Crippen molar-refractivity contribution in [1.29, 1.82) is 0 Å². The molecule has 0 spiro atoms. The first kappa shape index (κ1) is 12.7. The van der Waals surface area contributed by atoms with Crippen molar-refractivity contribution in [2.75, 3.05) is 10.5 Å². The Kier molecular flexibility index (Phi) is 3.14. The average Bonchev–Trinajstić information content (AvgIpc) is 2.75. The Balaban J connectivity index is 2.44. The van der Waals surface area contributed by atoms with Gasteiger partial charge < -0.3 is 10.3 Å². The molecule has 0 aliphatic heterocycles. The third kappa shape index (κ3) is 2.39. The van der Waals surface area contributed by atoms with Gasteiger partial charge in [0.1, 0.15) is 22.7 Å². The number of hydrogen-bond donors (Lipinski definition) is 2. The number of halogens is 2. The van der Waals surface area contributed by atoms with Gasteiger partial charge in [0.25, 0.3) is 10.0 Å². The van der Waals surface area contributed by atoms with Gasteiger partial charge in [0.2, 0.25) is 0 Å². The second-order valence-corrected chi connectivity index (χ2v) is 5.38. The van der Waals surface area contributed by atoms with Crippen LogP contribution in [0.3, 0.4) is 0 Å². The van der Waals surface area contributed by atoms with Crippen molar-refractivity contribution < 1.29 is 17.3 Å². The van der Waals surface area contributed by atoms with Crippen LogP contribution in [-0.2, 0) is 10.0 Å². The molecule has 96 valence electrons. The molecule has 0 aliphatic carbocycles. The third-order valence-corrected chi connectivity index (χ3v) is 3.87. The molecule has 6 nitrogen and oxygen atoms in total. The molecule has 3 N–H and O–H groups in total. The van der Waals surface area contributed by atoms with Crippen LogP contribution in [0.1, 0.15) is 0 Å². The maximum atomic E-state index is 13.1. The fourth-order valence-electron chi connectivity index (χ4n) is 1.22. The predicted molar refractivity (Wildman–Crippen MR) is 63.1 cm³/mol. The van der Waals surface area contributed by atoms with Crippen molar-refractivity contribution >= 4 is 33.0 Å². The number of nitrogens with two attached hydrogens (primary N) is 1. The van der Waals surface area contributed by atoms with E-state index < -0.39 is 15.8 Å². The first-order valence-corrected chi connectivity index (χ1v) is 6.43. The predicted octanol–water partition coefficient (Wildman–Crippen LogP) is 1.85. The van der Waals surface area contributed by atoms with Crippen molar-refractivity contribution in [1.82, 2.24) is 5.16 Å². The zero-order valence-corrected chi connectivity index (χ0v) is 10.3. The largest absolute Gasteiger partial charge is 0.396 e. The molecule has 1 heterocycles. The van der Waals surface area contributed by atoms with Gasteiger partial charge in [-0.15, -0.1) is 0 Å². The second kappa shape index (κ2) is 4.46. The van der Waals surface area contributed by atoms with Crippen LogP contribution in [0.25, 0.3) is 0 Å². The van der Waals surface area contributed by atoms with E-state index in [0.29, 0.717) is 0 Å². The Hall–Kier alpha value is -1.80. The van der Waals surface area contributed by atoms with Crippen LogP contribution in [0, 0.1) is 5.82 Å². The van der Waals surface area contributed by atoms with Gasteiger partial charge in [0, 0.05) is 0 Å². The number of nitrogens with zero attached hydrogens (tertiary/aromatic N) is 1. The SMILES string of the molecule is Nc1cc(S(=O)(=O)Nc2cnoc2)c(Cl)cc1F. The van der Waals surface area contributed by atoms with Crippen molar-refractivity contribution in [2.45, 2.75) is 4.90 Å². The fraction of sp³-hybridized carbons (Fsp3) is 0. The molecule has 0 saturated carbocycles. The van der Waals surface area contributed by atoms with Gasteiger partial charge in [-0.05, 0) is 12.1 Å². The van der Waals surface area contributed by atoms with Crippen LogP contribution < -0.4 is 10.5 Å². The van der Waals surface area contributed by atoms with Crippen molar-refractivity contribution in [3.8, 4) is 0 Å². The molecular weight excluding hydrogens is 285 g/mol. The van der Waals surface area contributed by atoms with E-state index >= 15 is 0 Å². The summed E-state index contributed by atoms with van der Waals surface area (Å²) in [6.45, 7) is 0. The highest BCUT2D eigenvalue weighted by Crippen LogP contribution is 2.27. The lowest BCUT2D eigenvalue weighted by Gasteiger charge is -2.08. The van der Waals surface area contributed by atoms with Gasteiger partial charge >= 0.3 is 0 Å². The number of aromatic nitrogens is 1. The molecule has 2 rings (SSSR count). The number of nitrogens with one attached hydrogen (secondary N) is 1. The van der Waals surface area contributed by atoms with E-state index in [4.69, 9.17) is 17.3 Å². The summed E-state index contributed by atoms with van der Waals surface area (Å²) in [5, 5.41) is 3.06. The van der Waals surface area contributed by atoms with E-state index in [9.17, 15) is 12.8 Å². The lowest BCUT2D eigenvalue weighted by atomic mass is 10.3. The number of rotatable bonds is 3. The maximum Gasteiger partial charge on any atom is 0.263 e. The normalized spacial score (nSPS) is 11.4. The molecule has 9 heteroatoms. The molecule has 0 bridgehead atoms. The Labute approximate surface area is 107 Å². The highest BCUT2D eigenvalue weighted by Gasteiger charge is 2.20. The summed E-state index contributed by atoms with van der Waals surface area (Å²) in [7, 11) is -3.98. The molecule has 1 aromatic heterocycles. The van der Waals surface area contributed by atoms with Crippen molar-refractivity contribution in [2.24, 2.45) is 0 Å². The Morgan fingerprint density at radius 1 is 1.44 bits per heavy atom. The number of hydrogen-bond acceptors (Lipinski definition) is 5. The highest BCUT2D eigenvalue weighted by molar-refractivity contribution is 7.92. The van der Waals surface area contributed by atoms with E-state index in [1.54, 1.807) is 0 Å².